The fourth-order valence-corrected chi connectivity index (χ4v) is 24.9. The maximum Gasteiger partial charge on any atom is -1.00 e. The van der Waals surface area contributed by atoms with Crippen molar-refractivity contribution >= 4 is 23.1 Å². The minimum Gasteiger partial charge on any atom is -1.00 e. The molecule has 0 heterocycles. The summed E-state index contributed by atoms with van der Waals surface area (Å²) in [5, 5.41) is 0. The number of rotatable bonds is 4. The molecule has 4 aliphatic rings. The van der Waals surface area contributed by atoms with Gasteiger partial charge in [0.15, 0.2) is 0 Å². The van der Waals surface area contributed by atoms with E-state index < -0.39 is 25.8 Å². The van der Waals surface area contributed by atoms with E-state index in [9.17, 15) is 0 Å². The van der Waals surface area contributed by atoms with Gasteiger partial charge in [0.05, 0.1) is 0 Å². The Morgan fingerprint density at radius 2 is 0.952 bits per heavy atom. The normalized spacial score (nSPS) is 14.5. The summed E-state index contributed by atoms with van der Waals surface area (Å²) in [4.78, 5) is 0. The van der Waals surface area contributed by atoms with Crippen LogP contribution < -0.4 is 31.4 Å². The molecular weight excluding hydrogens is 647 g/mol. The van der Waals surface area contributed by atoms with Gasteiger partial charge >= 0.3 is 247 Å². The first-order valence-electron chi connectivity index (χ1n) is 14.6. The maximum atomic E-state index is 2.64. The molecule has 4 aliphatic carbocycles. The summed E-state index contributed by atoms with van der Waals surface area (Å²) in [7, 11) is 0. The predicted molar refractivity (Wildman–Crippen MR) is 170 cm³/mol. The average Bonchev–Trinajstić information content (AvgIpc) is 3.79. The van der Waals surface area contributed by atoms with Crippen LogP contribution in [0, 0.1) is 0 Å². The van der Waals surface area contributed by atoms with E-state index in [1.165, 1.54) is 44.5 Å². The van der Waals surface area contributed by atoms with E-state index in [1.807, 2.05) is 6.54 Å². The standard InChI is InChI=1S/2C18H13.C2H6Si.2ClH.Zr/c2*1-2-6-13(5-1)14-9-10-18-16(11-14)12-15-7-3-4-8-17(15)18;1-3-2;;;/h2*1-5,7-10H,6,12H2;1-2H3;2*1H;/q;;;;;+2/p-2. The molecule has 0 bridgehead atoms. The fraction of sp³-hybridized carbons (Fsp3) is 0.158. The predicted octanol–water partition coefficient (Wildman–Crippen LogP) is 2.34. The van der Waals surface area contributed by atoms with Crippen molar-refractivity contribution in [1.82, 2.24) is 0 Å². The largest absolute Gasteiger partial charge is 1.00 e. The van der Waals surface area contributed by atoms with Crippen molar-refractivity contribution in [3.63, 3.8) is 0 Å². The van der Waals surface area contributed by atoms with Gasteiger partial charge in [-0.3, -0.25) is 0 Å². The van der Waals surface area contributed by atoms with E-state index in [0.717, 1.165) is 25.7 Å². The SMILES string of the molecule is C[Si](C)=[Zr+2]([c]1c(C2=CC=CC2)ccc2c1Cc1ccccc1-2)[c]1c(C2=CC=CC2)ccc2c1Cc1ccccc1-2.[Cl-].[Cl-]. The Morgan fingerprint density at radius 3 is 1.36 bits per heavy atom. The summed E-state index contributed by atoms with van der Waals surface area (Å²) in [5.41, 5.74) is 17.8. The van der Waals surface area contributed by atoms with E-state index >= 15 is 0 Å². The molecule has 8 rings (SSSR count). The second-order valence-corrected chi connectivity index (χ2v) is 28.4. The molecule has 0 aromatic heterocycles. The monoisotopic (exact) mass is 676 g/mol. The van der Waals surface area contributed by atoms with Gasteiger partial charge in [-0.1, -0.05) is 0 Å². The maximum absolute atomic E-state index is 2.64. The smallest absolute Gasteiger partial charge is 1.00 e. The van der Waals surface area contributed by atoms with E-state index in [2.05, 4.69) is 122 Å². The van der Waals surface area contributed by atoms with Crippen LogP contribution in [0.2, 0.25) is 13.1 Å². The molecule has 0 saturated heterocycles. The molecule has 0 fully saturated rings. The Hall–Kier alpha value is -2.48. The van der Waals surface area contributed by atoms with Crippen LogP contribution in [0.25, 0.3) is 33.4 Å². The average molecular weight is 679 g/mol. The third-order valence-corrected chi connectivity index (χ3v) is 25.8. The first kappa shape index (κ1) is 29.6. The summed E-state index contributed by atoms with van der Waals surface area (Å²) in [6, 6.07) is 28.2. The minimum atomic E-state index is -2.44. The summed E-state index contributed by atoms with van der Waals surface area (Å²) >= 11 is -2.44. The Morgan fingerprint density at radius 1 is 0.524 bits per heavy atom. The molecule has 4 aromatic rings. The van der Waals surface area contributed by atoms with Gasteiger partial charge in [-0.25, -0.2) is 0 Å². The van der Waals surface area contributed by atoms with Crippen LogP contribution >= 0.6 is 0 Å². The summed E-state index contributed by atoms with van der Waals surface area (Å²) in [5.74, 6) is 0. The number of halogens is 2. The van der Waals surface area contributed by atoms with Crippen molar-refractivity contribution in [2.45, 2.75) is 38.8 Å². The number of hydrogen-bond acceptors (Lipinski definition) is 0. The van der Waals surface area contributed by atoms with E-state index in [4.69, 9.17) is 0 Å². The summed E-state index contributed by atoms with van der Waals surface area (Å²) in [6.07, 6.45) is 18.3. The van der Waals surface area contributed by atoms with Crippen molar-refractivity contribution in [1.29, 1.82) is 0 Å². The molecule has 0 spiro atoms. The van der Waals surface area contributed by atoms with Gasteiger partial charge in [-0.2, -0.15) is 0 Å². The van der Waals surface area contributed by atoms with Crippen molar-refractivity contribution in [2.24, 2.45) is 0 Å². The Kier molecular flexibility index (Phi) is 8.38. The van der Waals surface area contributed by atoms with Crippen LogP contribution in [0.4, 0.5) is 0 Å². The Labute approximate surface area is 270 Å². The molecule has 0 radical (unpaired) electrons. The van der Waals surface area contributed by atoms with Crippen molar-refractivity contribution in [2.75, 3.05) is 0 Å². The fourth-order valence-electron chi connectivity index (χ4n) is 7.45. The minimum absolute atomic E-state index is 0. The van der Waals surface area contributed by atoms with Crippen LogP contribution in [0.3, 0.4) is 0 Å². The van der Waals surface area contributed by atoms with Crippen molar-refractivity contribution < 1.29 is 45.2 Å². The third-order valence-electron chi connectivity index (χ3n) is 9.21. The molecule has 0 atom stereocenters. The first-order valence-corrected chi connectivity index (χ1v) is 23.2. The zero-order chi connectivity index (χ0) is 26.8. The molecule has 4 aromatic carbocycles. The molecule has 0 aliphatic heterocycles. The zero-order valence-electron chi connectivity index (χ0n) is 24.0. The van der Waals surface area contributed by atoms with Gasteiger partial charge in [0.25, 0.3) is 0 Å². The van der Waals surface area contributed by atoms with Crippen LogP contribution in [-0.4, -0.2) is 5.43 Å². The number of hydrogen-bond donors (Lipinski definition) is 0. The van der Waals surface area contributed by atoms with Gasteiger partial charge in [0, 0.05) is 0 Å². The van der Waals surface area contributed by atoms with Gasteiger partial charge in [0.2, 0.25) is 0 Å². The molecule has 0 nitrogen and oxygen atoms in total. The van der Waals surface area contributed by atoms with Crippen LogP contribution in [-0.2, 0) is 33.2 Å². The zero-order valence-corrected chi connectivity index (χ0v) is 28.9. The second-order valence-electron chi connectivity index (χ2n) is 11.7. The van der Waals surface area contributed by atoms with Gasteiger partial charge in [0.1, 0.15) is 0 Å². The summed E-state index contributed by atoms with van der Waals surface area (Å²) in [6.45, 7) is 5.27. The number of allylic oxidation sites excluding steroid dienone is 8. The summed E-state index contributed by atoms with van der Waals surface area (Å²) < 4.78 is 3.62. The topological polar surface area (TPSA) is 0 Å². The van der Waals surface area contributed by atoms with Gasteiger partial charge < -0.3 is 24.8 Å². The molecule has 206 valence electrons. The molecule has 4 heteroatoms. The molecule has 0 saturated carbocycles. The van der Waals surface area contributed by atoms with E-state index in [-0.39, 0.29) is 24.8 Å². The van der Waals surface area contributed by atoms with E-state index in [0.29, 0.717) is 0 Å². The van der Waals surface area contributed by atoms with Gasteiger partial charge in [-0.15, -0.1) is 0 Å². The Bertz CT molecular complexity index is 1780. The van der Waals surface area contributed by atoms with Gasteiger partial charge in [-0.05, 0) is 0 Å². The molecule has 0 unspecified atom stereocenters. The molecule has 0 amide bonds. The van der Waals surface area contributed by atoms with Crippen LogP contribution in [0.5, 0.6) is 0 Å². The first-order chi connectivity index (χ1) is 19.7. The van der Waals surface area contributed by atoms with Crippen molar-refractivity contribution in [3.05, 3.63) is 143 Å². The van der Waals surface area contributed by atoms with E-state index in [1.54, 1.807) is 22.3 Å². The third kappa shape index (κ3) is 4.67. The molecule has 42 heavy (non-hydrogen) atoms. The van der Waals surface area contributed by atoms with Crippen molar-refractivity contribution in [3.8, 4) is 22.3 Å². The molecular formula is C38H32Cl2SiZr. The quantitative estimate of drug-likeness (QED) is 0.252. The van der Waals surface area contributed by atoms with Crippen LogP contribution in [0.15, 0.2) is 109 Å². The second kappa shape index (κ2) is 11.9. The Balaban J connectivity index is 0.00000158. The number of benzene rings is 4. The number of fused-ring (bicyclic) bond motifs is 6. The molecule has 0 N–H and O–H groups in total. The van der Waals surface area contributed by atoms with Crippen LogP contribution in [0.1, 0.15) is 46.2 Å².